The van der Waals surface area contributed by atoms with Crippen LogP contribution in [0.25, 0.3) is 0 Å². The van der Waals surface area contributed by atoms with E-state index >= 15 is 0 Å². The largest absolute Gasteiger partial charge is 0.448 e. The van der Waals surface area contributed by atoms with Crippen LogP contribution in [0, 0.1) is 6.92 Å². The lowest BCUT2D eigenvalue weighted by atomic mass is 10.4. The smallest absolute Gasteiger partial charge is 0.273 e. The topological polar surface area (TPSA) is 81.2 Å². The van der Waals surface area contributed by atoms with Crippen molar-refractivity contribution in [2.45, 2.75) is 6.92 Å². The molecular formula is C7H11N3O2. The lowest BCUT2D eigenvalue weighted by molar-refractivity contribution is 0.0949. The summed E-state index contributed by atoms with van der Waals surface area (Å²) in [6.45, 7) is 2.55. The van der Waals surface area contributed by atoms with Crippen LogP contribution in [0.5, 0.6) is 0 Å². The Kier molecular flexibility index (Phi) is 2.82. The molecule has 12 heavy (non-hydrogen) atoms. The van der Waals surface area contributed by atoms with Crippen molar-refractivity contribution < 1.29 is 9.21 Å². The van der Waals surface area contributed by atoms with Crippen molar-refractivity contribution in [2.24, 2.45) is 5.73 Å². The maximum atomic E-state index is 11.1. The summed E-state index contributed by atoms with van der Waals surface area (Å²) in [5.74, 6) is 0.227. The molecule has 0 spiro atoms. The standard InChI is InChI=1S/C7H11N3O2/c1-5-10-6(4-12-5)7(11)9-3-2-8/h4H,2-3,8H2,1H3,(H,9,11). The third-order valence-corrected chi connectivity index (χ3v) is 1.28. The van der Waals surface area contributed by atoms with Crippen LogP contribution in [0.4, 0.5) is 0 Å². The molecule has 0 aliphatic rings. The van der Waals surface area contributed by atoms with Crippen LogP contribution in [-0.2, 0) is 0 Å². The molecule has 0 aliphatic carbocycles. The number of hydrogen-bond donors (Lipinski definition) is 2. The van der Waals surface area contributed by atoms with Crippen molar-refractivity contribution in [1.29, 1.82) is 0 Å². The summed E-state index contributed by atoms with van der Waals surface area (Å²) >= 11 is 0. The van der Waals surface area contributed by atoms with Crippen molar-refractivity contribution in [2.75, 3.05) is 13.1 Å². The molecule has 0 aromatic carbocycles. The van der Waals surface area contributed by atoms with E-state index in [2.05, 4.69) is 10.3 Å². The molecule has 3 N–H and O–H groups in total. The molecule has 0 atom stereocenters. The molecule has 5 nitrogen and oxygen atoms in total. The first kappa shape index (κ1) is 8.73. The third-order valence-electron chi connectivity index (χ3n) is 1.28. The number of hydrogen-bond acceptors (Lipinski definition) is 4. The highest BCUT2D eigenvalue weighted by molar-refractivity contribution is 5.91. The van der Waals surface area contributed by atoms with Crippen molar-refractivity contribution in [3.05, 3.63) is 17.8 Å². The fraction of sp³-hybridized carbons (Fsp3) is 0.429. The first-order valence-corrected chi connectivity index (χ1v) is 3.64. The van der Waals surface area contributed by atoms with E-state index in [1.54, 1.807) is 6.92 Å². The Labute approximate surface area is 70.0 Å². The molecule has 0 unspecified atom stereocenters. The summed E-state index contributed by atoms with van der Waals surface area (Å²) in [7, 11) is 0. The Morgan fingerprint density at radius 2 is 2.58 bits per heavy atom. The second kappa shape index (κ2) is 3.87. The van der Waals surface area contributed by atoms with Gasteiger partial charge in [-0.15, -0.1) is 0 Å². The van der Waals surface area contributed by atoms with Crippen molar-refractivity contribution >= 4 is 5.91 Å². The zero-order chi connectivity index (χ0) is 8.97. The normalized spacial score (nSPS) is 9.83. The molecule has 1 amide bonds. The van der Waals surface area contributed by atoms with E-state index < -0.39 is 0 Å². The van der Waals surface area contributed by atoms with Gasteiger partial charge in [0.1, 0.15) is 6.26 Å². The molecular weight excluding hydrogens is 158 g/mol. The average Bonchev–Trinajstić information content (AvgIpc) is 2.47. The summed E-state index contributed by atoms with van der Waals surface area (Å²) in [5.41, 5.74) is 5.49. The van der Waals surface area contributed by atoms with Gasteiger partial charge in [-0.25, -0.2) is 4.98 Å². The van der Waals surface area contributed by atoms with Crippen molar-refractivity contribution in [1.82, 2.24) is 10.3 Å². The molecule has 0 saturated carbocycles. The van der Waals surface area contributed by atoms with Gasteiger partial charge >= 0.3 is 0 Å². The van der Waals surface area contributed by atoms with Crippen LogP contribution >= 0.6 is 0 Å². The van der Waals surface area contributed by atoms with Gasteiger partial charge in [0.2, 0.25) is 0 Å². The van der Waals surface area contributed by atoms with E-state index in [0.717, 1.165) is 0 Å². The first-order valence-electron chi connectivity index (χ1n) is 3.64. The minimum atomic E-state index is -0.252. The van der Waals surface area contributed by atoms with Crippen LogP contribution < -0.4 is 11.1 Å². The van der Waals surface area contributed by atoms with Gasteiger partial charge < -0.3 is 15.5 Å². The van der Waals surface area contributed by atoms with Gasteiger partial charge in [0.25, 0.3) is 5.91 Å². The number of nitrogens with zero attached hydrogens (tertiary/aromatic N) is 1. The van der Waals surface area contributed by atoms with Crippen LogP contribution in [0.2, 0.25) is 0 Å². The predicted molar refractivity (Wildman–Crippen MR) is 42.6 cm³/mol. The number of nitrogens with two attached hydrogens (primary N) is 1. The molecule has 66 valence electrons. The zero-order valence-corrected chi connectivity index (χ0v) is 6.83. The molecule has 0 bridgehead atoms. The molecule has 0 radical (unpaired) electrons. The lowest BCUT2D eigenvalue weighted by Crippen LogP contribution is -2.29. The van der Waals surface area contributed by atoms with E-state index in [9.17, 15) is 4.79 Å². The summed E-state index contributed by atoms with van der Waals surface area (Å²) < 4.78 is 4.86. The third kappa shape index (κ3) is 2.06. The number of nitrogens with one attached hydrogen (secondary N) is 1. The van der Waals surface area contributed by atoms with Crippen LogP contribution in [0.1, 0.15) is 16.4 Å². The highest BCUT2D eigenvalue weighted by atomic mass is 16.3. The van der Waals surface area contributed by atoms with Gasteiger partial charge in [0.15, 0.2) is 11.6 Å². The SMILES string of the molecule is Cc1nc(C(=O)NCCN)co1. The Morgan fingerprint density at radius 1 is 1.83 bits per heavy atom. The Hall–Kier alpha value is -1.36. The van der Waals surface area contributed by atoms with Crippen LogP contribution in [-0.4, -0.2) is 24.0 Å². The number of carbonyl (C=O) groups is 1. The molecule has 0 aliphatic heterocycles. The van der Waals surface area contributed by atoms with Gasteiger partial charge in [-0.05, 0) is 0 Å². The summed E-state index contributed by atoms with van der Waals surface area (Å²) in [6, 6.07) is 0. The summed E-state index contributed by atoms with van der Waals surface area (Å²) in [4.78, 5) is 15.0. The number of carbonyl (C=O) groups excluding carboxylic acids is 1. The predicted octanol–water partition coefficient (Wildman–Crippen LogP) is -0.328. The maximum Gasteiger partial charge on any atom is 0.273 e. The Bertz CT molecular complexity index is 269. The first-order chi connectivity index (χ1) is 5.74. The van der Waals surface area contributed by atoms with Crippen LogP contribution in [0.3, 0.4) is 0 Å². The molecule has 0 saturated heterocycles. The molecule has 1 heterocycles. The lowest BCUT2D eigenvalue weighted by Gasteiger charge is -1.97. The average molecular weight is 169 g/mol. The van der Waals surface area contributed by atoms with Crippen molar-refractivity contribution in [3.8, 4) is 0 Å². The minimum Gasteiger partial charge on any atom is -0.448 e. The van der Waals surface area contributed by atoms with Gasteiger partial charge in [0.05, 0.1) is 0 Å². The molecule has 1 aromatic rings. The monoisotopic (exact) mass is 169 g/mol. The number of aromatic nitrogens is 1. The number of amides is 1. The van der Waals surface area contributed by atoms with E-state index in [1.165, 1.54) is 6.26 Å². The fourth-order valence-electron chi connectivity index (χ4n) is 0.744. The van der Waals surface area contributed by atoms with E-state index in [1.807, 2.05) is 0 Å². The maximum absolute atomic E-state index is 11.1. The second-order valence-electron chi connectivity index (χ2n) is 2.30. The highest BCUT2D eigenvalue weighted by Crippen LogP contribution is 1.98. The van der Waals surface area contributed by atoms with E-state index in [0.29, 0.717) is 24.7 Å². The second-order valence-corrected chi connectivity index (χ2v) is 2.30. The molecule has 5 heteroatoms. The minimum absolute atomic E-state index is 0.252. The fourth-order valence-corrected chi connectivity index (χ4v) is 0.744. The van der Waals surface area contributed by atoms with Gasteiger partial charge in [0, 0.05) is 20.0 Å². The quantitative estimate of drug-likeness (QED) is 0.649. The zero-order valence-electron chi connectivity index (χ0n) is 6.83. The number of oxazole rings is 1. The number of rotatable bonds is 3. The molecule has 1 rings (SSSR count). The van der Waals surface area contributed by atoms with Gasteiger partial charge in [-0.1, -0.05) is 0 Å². The number of aryl methyl sites for hydroxylation is 1. The molecule has 0 fully saturated rings. The summed E-state index contributed by atoms with van der Waals surface area (Å²) in [6.07, 6.45) is 1.32. The van der Waals surface area contributed by atoms with E-state index in [4.69, 9.17) is 10.2 Å². The van der Waals surface area contributed by atoms with Gasteiger partial charge in [-0.3, -0.25) is 4.79 Å². The summed E-state index contributed by atoms with van der Waals surface area (Å²) in [5, 5.41) is 2.58. The van der Waals surface area contributed by atoms with E-state index in [-0.39, 0.29) is 5.91 Å². The van der Waals surface area contributed by atoms with Crippen molar-refractivity contribution in [3.63, 3.8) is 0 Å². The van der Waals surface area contributed by atoms with Crippen LogP contribution in [0.15, 0.2) is 10.7 Å². The Morgan fingerprint density at radius 3 is 3.08 bits per heavy atom. The van der Waals surface area contributed by atoms with Gasteiger partial charge in [-0.2, -0.15) is 0 Å². The molecule has 1 aromatic heterocycles. The highest BCUT2D eigenvalue weighted by Gasteiger charge is 2.08. The Balaban J connectivity index is 2.53.